The summed E-state index contributed by atoms with van der Waals surface area (Å²) in [6.45, 7) is 3.57. The first kappa shape index (κ1) is 19.9. The first-order valence-electron chi connectivity index (χ1n) is 6.03. The van der Waals surface area contributed by atoms with Crippen molar-refractivity contribution >= 4 is 12.4 Å². The summed E-state index contributed by atoms with van der Waals surface area (Å²) >= 11 is 0. The molecule has 2 atom stereocenters. The van der Waals surface area contributed by atoms with Gasteiger partial charge >= 0.3 is 12.5 Å². The predicted octanol–water partition coefficient (Wildman–Crippen LogP) is 3.36. The first-order valence-corrected chi connectivity index (χ1v) is 6.03. The van der Waals surface area contributed by atoms with Gasteiger partial charge in [-0.3, -0.25) is 0 Å². The molecule has 0 radical (unpaired) electrons. The van der Waals surface area contributed by atoms with Crippen molar-refractivity contribution in [3.05, 3.63) is 29.8 Å². The molecule has 0 aliphatic carbocycles. The highest BCUT2D eigenvalue weighted by Gasteiger charge is 2.43. The van der Waals surface area contributed by atoms with Crippen LogP contribution in [0.25, 0.3) is 0 Å². The van der Waals surface area contributed by atoms with Crippen LogP contribution >= 0.6 is 12.4 Å². The van der Waals surface area contributed by atoms with E-state index >= 15 is 0 Å². The van der Waals surface area contributed by atoms with E-state index in [0.717, 1.165) is 12.1 Å². The van der Waals surface area contributed by atoms with Crippen LogP contribution in [-0.4, -0.2) is 23.7 Å². The van der Waals surface area contributed by atoms with Crippen molar-refractivity contribution < 1.29 is 27.4 Å². The fraction of sp³-hybridized carbons (Fsp3) is 0.538. The van der Waals surface area contributed by atoms with Crippen molar-refractivity contribution in [1.29, 1.82) is 0 Å². The number of alkyl halides is 4. The number of ether oxygens (including phenoxy) is 1. The van der Waals surface area contributed by atoms with Crippen molar-refractivity contribution in [2.24, 2.45) is 11.7 Å². The van der Waals surface area contributed by atoms with Crippen LogP contribution in [0.15, 0.2) is 24.3 Å². The van der Waals surface area contributed by atoms with Crippen LogP contribution in [0.1, 0.15) is 25.5 Å². The molecule has 3 N–H and O–H groups in total. The fourth-order valence-electron chi connectivity index (χ4n) is 1.57. The van der Waals surface area contributed by atoms with Crippen LogP contribution in [0, 0.1) is 5.92 Å². The lowest BCUT2D eigenvalue weighted by atomic mass is 9.94. The van der Waals surface area contributed by atoms with Crippen LogP contribution in [0.5, 0.6) is 5.75 Å². The zero-order chi connectivity index (χ0) is 15.5. The summed E-state index contributed by atoms with van der Waals surface area (Å²) in [4.78, 5) is 0. The van der Waals surface area contributed by atoms with Gasteiger partial charge in [0, 0.05) is 0 Å². The van der Waals surface area contributed by atoms with Gasteiger partial charge in [-0.25, -0.2) is 0 Å². The normalized spacial score (nSPS) is 14.8. The Bertz CT molecular complexity index is 429. The Kier molecular flexibility index (Phi) is 7.43. The summed E-state index contributed by atoms with van der Waals surface area (Å²) in [6, 6.07) is 4.23. The van der Waals surface area contributed by atoms with Crippen molar-refractivity contribution in [3.63, 3.8) is 0 Å². The molecule has 0 saturated heterocycles. The van der Waals surface area contributed by atoms with Gasteiger partial charge in [-0.15, -0.1) is 12.4 Å². The van der Waals surface area contributed by atoms with Crippen LogP contribution in [0.4, 0.5) is 17.6 Å². The quantitative estimate of drug-likeness (QED) is 0.786. The number of halogens is 5. The van der Waals surface area contributed by atoms with Gasteiger partial charge in [-0.05, 0) is 23.6 Å². The number of aliphatic hydroxyl groups is 1. The first-order chi connectivity index (χ1) is 9.15. The maximum atomic E-state index is 12.7. The molecule has 1 aromatic carbocycles. The van der Waals surface area contributed by atoms with Crippen LogP contribution in [0.3, 0.4) is 0 Å². The molecule has 0 saturated carbocycles. The van der Waals surface area contributed by atoms with Crippen molar-refractivity contribution in [1.82, 2.24) is 0 Å². The van der Waals surface area contributed by atoms with E-state index in [9.17, 15) is 22.7 Å². The van der Waals surface area contributed by atoms with Crippen LogP contribution in [0.2, 0.25) is 0 Å². The average molecular weight is 332 g/mol. The molecule has 0 aromatic heterocycles. The minimum absolute atomic E-state index is 0. The lowest BCUT2D eigenvalue weighted by Crippen LogP contribution is -2.33. The summed E-state index contributed by atoms with van der Waals surface area (Å²) in [7, 11) is 0. The second-order valence-electron chi connectivity index (χ2n) is 4.79. The molecule has 1 aromatic rings. The largest absolute Gasteiger partial charge is 0.461 e. The Morgan fingerprint density at radius 1 is 1.14 bits per heavy atom. The standard InChI is InChI=1S/C13H17F4NO2.ClH/c1-7(2)11(19)10(18)8-3-5-9(6-4-8)20-13(16,17)12(14)15;/h3-7,10-12,19H,18H2,1-2H3;1H/t10-,11+;/m1./s1. The number of rotatable bonds is 6. The molecular formula is C13H18ClF4NO2. The summed E-state index contributed by atoms with van der Waals surface area (Å²) in [5, 5.41) is 9.80. The van der Waals surface area contributed by atoms with Gasteiger partial charge in [-0.2, -0.15) is 17.6 Å². The second kappa shape index (κ2) is 7.82. The SMILES string of the molecule is CC(C)[C@H](O)[C@H](N)c1ccc(OC(F)(F)C(F)F)cc1.Cl. The van der Waals surface area contributed by atoms with Crippen molar-refractivity contribution in [3.8, 4) is 5.75 Å². The highest BCUT2D eigenvalue weighted by molar-refractivity contribution is 5.85. The van der Waals surface area contributed by atoms with Gasteiger partial charge in [0.05, 0.1) is 12.1 Å². The molecular weight excluding hydrogens is 314 g/mol. The minimum Gasteiger partial charge on any atom is -0.428 e. The molecule has 0 fully saturated rings. The Labute approximate surface area is 126 Å². The molecule has 0 amide bonds. The molecule has 8 heteroatoms. The Hall–Kier alpha value is -1.05. The number of aliphatic hydroxyl groups excluding tert-OH is 1. The smallest absolute Gasteiger partial charge is 0.428 e. The maximum absolute atomic E-state index is 12.7. The van der Waals surface area contributed by atoms with Gasteiger partial charge < -0.3 is 15.6 Å². The summed E-state index contributed by atoms with van der Waals surface area (Å²) in [6.07, 6.45) is -9.25. The average Bonchev–Trinajstić information content (AvgIpc) is 2.37. The van der Waals surface area contributed by atoms with Gasteiger partial charge in [0.25, 0.3) is 0 Å². The number of hydrogen-bond donors (Lipinski definition) is 2. The Balaban J connectivity index is 0.00000400. The van der Waals surface area contributed by atoms with E-state index in [-0.39, 0.29) is 18.3 Å². The predicted molar refractivity (Wildman–Crippen MR) is 73.0 cm³/mol. The zero-order valence-corrected chi connectivity index (χ0v) is 12.3. The molecule has 0 aliphatic heterocycles. The van der Waals surface area contributed by atoms with Crippen LogP contribution in [-0.2, 0) is 0 Å². The van der Waals surface area contributed by atoms with Gasteiger partial charge in [0.2, 0.25) is 0 Å². The van der Waals surface area contributed by atoms with Crippen LogP contribution < -0.4 is 10.5 Å². The minimum atomic E-state index is -4.54. The molecule has 1 rings (SSSR count). The second-order valence-corrected chi connectivity index (χ2v) is 4.79. The monoisotopic (exact) mass is 331 g/mol. The van der Waals surface area contributed by atoms with E-state index in [1.54, 1.807) is 13.8 Å². The third-order valence-electron chi connectivity index (χ3n) is 2.82. The molecule has 122 valence electrons. The van der Waals surface area contributed by atoms with Gasteiger partial charge in [0.15, 0.2) is 0 Å². The Morgan fingerprint density at radius 3 is 2.00 bits per heavy atom. The van der Waals surface area contributed by atoms with E-state index in [2.05, 4.69) is 4.74 Å². The fourth-order valence-corrected chi connectivity index (χ4v) is 1.57. The zero-order valence-electron chi connectivity index (χ0n) is 11.5. The van der Waals surface area contributed by atoms with E-state index in [4.69, 9.17) is 5.73 Å². The summed E-state index contributed by atoms with van der Waals surface area (Å²) in [5.41, 5.74) is 6.31. The van der Waals surface area contributed by atoms with E-state index in [0.29, 0.717) is 5.56 Å². The van der Waals surface area contributed by atoms with Gasteiger partial charge in [-0.1, -0.05) is 26.0 Å². The molecule has 21 heavy (non-hydrogen) atoms. The Morgan fingerprint density at radius 2 is 1.62 bits per heavy atom. The number of nitrogens with two attached hydrogens (primary N) is 1. The van der Waals surface area contributed by atoms with Crippen molar-refractivity contribution in [2.75, 3.05) is 0 Å². The number of hydrogen-bond acceptors (Lipinski definition) is 3. The lowest BCUT2D eigenvalue weighted by molar-refractivity contribution is -0.253. The molecule has 0 aliphatic rings. The molecule has 0 unspecified atom stereocenters. The molecule has 0 heterocycles. The third-order valence-corrected chi connectivity index (χ3v) is 2.82. The van der Waals surface area contributed by atoms with Gasteiger partial charge in [0.1, 0.15) is 5.75 Å². The third kappa shape index (κ3) is 5.33. The maximum Gasteiger partial charge on any atom is 0.461 e. The van der Waals surface area contributed by atoms with Crippen molar-refractivity contribution in [2.45, 2.75) is 38.5 Å². The number of benzene rings is 1. The lowest BCUT2D eigenvalue weighted by Gasteiger charge is -2.23. The highest BCUT2D eigenvalue weighted by Crippen LogP contribution is 2.28. The molecule has 3 nitrogen and oxygen atoms in total. The van der Waals surface area contributed by atoms with E-state index < -0.39 is 30.4 Å². The summed E-state index contributed by atoms with van der Waals surface area (Å²) in [5.74, 6) is -0.477. The highest BCUT2D eigenvalue weighted by atomic mass is 35.5. The molecule has 0 bridgehead atoms. The van der Waals surface area contributed by atoms with E-state index in [1.807, 2.05) is 0 Å². The topological polar surface area (TPSA) is 55.5 Å². The summed E-state index contributed by atoms with van der Waals surface area (Å²) < 4.78 is 53.2. The molecule has 0 spiro atoms. The van der Waals surface area contributed by atoms with E-state index in [1.165, 1.54) is 12.1 Å².